The quantitative estimate of drug-likeness (QED) is 0.288. The third-order valence-corrected chi connectivity index (χ3v) is 8.46. The number of fused-ring (bicyclic) bond motifs is 16. The number of nitrogens with zero attached hydrogens (tertiary/aromatic N) is 2. The molecule has 266 valence electrons. The summed E-state index contributed by atoms with van der Waals surface area (Å²) in [5.74, 6) is -0.540. The molecular formula is C38H50BrN4NaO6. The number of anilines is 2. The van der Waals surface area contributed by atoms with Crippen molar-refractivity contribution in [1.82, 2.24) is 9.80 Å². The third kappa shape index (κ3) is 13.8. The van der Waals surface area contributed by atoms with E-state index in [9.17, 15) is 9.59 Å². The fraction of sp³-hybridized carbons (Fsp3) is 0.474. The van der Waals surface area contributed by atoms with E-state index in [1.807, 2.05) is 48.5 Å². The van der Waals surface area contributed by atoms with Crippen molar-refractivity contribution >= 4 is 23.2 Å². The van der Waals surface area contributed by atoms with E-state index in [0.717, 1.165) is 42.9 Å². The van der Waals surface area contributed by atoms with Gasteiger partial charge in [-0.25, -0.2) is 0 Å². The number of carbonyl (C=O) groups excluding carboxylic acids is 2. The Bertz CT molecular complexity index is 1400. The summed E-state index contributed by atoms with van der Waals surface area (Å²) in [6.07, 6.45) is 0. The molecule has 0 aliphatic carbocycles. The minimum Gasteiger partial charge on any atom is -1.00 e. The maximum atomic E-state index is 13.7. The molecule has 3 heterocycles. The fourth-order valence-electron chi connectivity index (χ4n) is 5.70. The molecule has 3 aromatic carbocycles. The van der Waals surface area contributed by atoms with E-state index >= 15 is 0 Å². The third-order valence-electron chi connectivity index (χ3n) is 8.46. The van der Waals surface area contributed by atoms with Crippen LogP contribution in [0.1, 0.15) is 58.2 Å². The second-order valence-corrected chi connectivity index (χ2v) is 13.4. The Kier molecular flexibility index (Phi) is 18.1. The maximum absolute atomic E-state index is 13.7. The largest absolute Gasteiger partial charge is 1.00 e. The number of ether oxygens (including phenoxy) is 4. The van der Waals surface area contributed by atoms with E-state index in [0.29, 0.717) is 88.4 Å². The molecule has 12 heteroatoms. The molecule has 3 aromatic rings. The Labute approximate surface area is 329 Å². The van der Waals surface area contributed by atoms with Crippen molar-refractivity contribution in [2.45, 2.75) is 39.3 Å². The van der Waals surface area contributed by atoms with Crippen LogP contribution in [0.25, 0.3) is 0 Å². The zero-order valence-electron chi connectivity index (χ0n) is 30.0. The number of halogens is 1. The summed E-state index contributed by atoms with van der Waals surface area (Å²) in [4.78, 5) is 31.9. The number of rotatable bonds is 0. The Morgan fingerprint density at radius 2 is 0.940 bits per heavy atom. The van der Waals surface area contributed by atoms with Gasteiger partial charge in [-0.3, -0.25) is 19.4 Å². The number of hydrogen-bond acceptors (Lipinski definition) is 8. The Hall–Kier alpha value is -2.16. The van der Waals surface area contributed by atoms with Gasteiger partial charge in [-0.2, -0.15) is 0 Å². The van der Waals surface area contributed by atoms with Crippen LogP contribution in [0.15, 0.2) is 66.7 Å². The predicted octanol–water partition coefficient (Wildman–Crippen LogP) is -0.806. The molecule has 0 atom stereocenters. The molecule has 1 saturated heterocycles. The van der Waals surface area contributed by atoms with E-state index in [1.165, 1.54) is 0 Å². The van der Waals surface area contributed by atoms with Gasteiger partial charge in [0.15, 0.2) is 0 Å². The molecule has 1 fully saturated rings. The molecule has 8 bridgehead atoms. The Morgan fingerprint density at radius 1 is 0.560 bits per heavy atom. The van der Waals surface area contributed by atoms with Crippen LogP contribution in [-0.4, -0.2) is 101 Å². The first kappa shape index (κ1) is 42.3. The minimum atomic E-state index is -0.276. The smallest absolute Gasteiger partial charge is 1.00 e. The maximum Gasteiger partial charge on any atom is 1.00 e. The van der Waals surface area contributed by atoms with Crippen molar-refractivity contribution in [1.29, 1.82) is 0 Å². The molecule has 0 unspecified atom stereocenters. The number of carbonyl (C=O) groups is 2. The number of nitrogens with one attached hydrogen (secondary N) is 2. The zero-order chi connectivity index (χ0) is 33.8. The monoisotopic (exact) mass is 760 g/mol. The molecule has 0 aromatic heterocycles. The van der Waals surface area contributed by atoms with Crippen LogP contribution in [0.4, 0.5) is 11.4 Å². The Morgan fingerprint density at radius 3 is 1.30 bits per heavy atom. The van der Waals surface area contributed by atoms with Crippen molar-refractivity contribution in [3.8, 4) is 0 Å². The molecule has 0 radical (unpaired) electrons. The van der Waals surface area contributed by atoms with E-state index < -0.39 is 0 Å². The van der Waals surface area contributed by atoms with Crippen LogP contribution in [0, 0.1) is 0 Å². The number of benzene rings is 3. The molecule has 0 saturated carbocycles. The van der Waals surface area contributed by atoms with E-state index in [4.69, 9.17) is 18.9 Å². The summed E-state index contributed by atoms with van der Waals surface area (Å²) < 4.78 is 23.7. The summed E-state index contributed by atoms with van der Waals surface area (Å²) in [6.45, 7) is 14.9. The predicted molar refractivity (Wildman–Crippen MR) is 188 cm³/mol. The summed E-state index contributed by atoms with van der Waals surface area (Å²) >= 11 is 0. The van der Waals surface area contributed by atoms with Gasteiger partial charge < -0.3 is 46.6 Å². The standard InChI is InChI=1S/C38H50N4O6.BrH.Na/c1-38(2,3)33-25-31-24-32(26-33)37(44)40-35-9-5-7-30(23-35)28-42-12-16-47-20-18-45-14-10-41(11-15-46-19-21-48-17-13-42)27-29-6-4-8-34(22-29)39-36(31)43;;/h4-9,22-26H,10-21,27-28H2,1-3H3,(H,39,43)(H,40,44);1H;/q;;+1/p-1. The van der Waals surface area contributed by atoms with Gasteiger partial charge in [0, 0.05) is 61.8 Å². The van der Waals surface area contributed by atoms with Crippen molar-refractivity contribution in [2.75, 3.05) is 89.7 Å². The first-order chi connectivity index (χ1) is 23.2. The van der Waals surface area contributed by atoms with Crippen molar-refractivity contribution < 1.29 is 75.1 Å². The minimum absolute atomic E-state index is 0. The van der Waals surface area contributed by atoms with Crippen LogP contribution in [0.2, 0.25) is 0 Å². The van der Waals surface area contributed by atoms with E-state index in [2.05, 4.69) is 53.3 Å². The first-order valence-electron chi connectivity index (χ1n) is 16.9. The summed E-state index contributed by atoms with van der Waals surface area (Å²) in [6, 6.07) is 21.2. The van der Waals surface area contributed by atoms with E-state index in [1.54, 1.807) is 6.07 Å². The van der Waals surface area contributed by atoms with E-state index in [-0.39, 0.29) is 63.8 Å². The van der Waals surface area contributed by atoms with Gasteiger partial charge in [0.05, 0.1) is 52.9 Å². The molecule has 3 aliphatic rings. The van der Waals surface area contributed by atoms with Crippen LogP contribution in [-0.2, 0) is 37.5 Å². The van der Waals surface area contributed by atoms with Gasteiger partial charge >= 0.3 is 29.6 Å². The molecule has 2 amide bonds. The van der Waals surface area contributed by atoms with Gasteiger partial charge in [0.2, 0.25) is 0 Å². The topological polar surface area (TPSA) is 102 Å². The van der Waals surface area contributed by atoms with Gasteiger partial charge in [0.1, 0.15) is 0 Å². The zero-order valence-corrected chi connectivity index (χ0v) is 33.6. The molecular weight excluding hydrogens is 711 g/mol. The summed E-state index contributed by atoms with van der Waals surface area (Å²) in [5, 5.41) is 6.13. The van der Waals surface area contributed by atoms with Crippen LogP contribution in [0.5, 0.6) is 0 Å². The molecule has 0 spiro atoms. The SMILES string of the molecule is CC(C)(C)c1cc2cc(c1)C(=O)Nc1cccc(c1)CN1CCOCCOCCN(CCOCCOCC1)Cc1cccc(c1)NC2=O.[Br-].[Na+]. The number of hydrogen-bond donors (Lipinski definition) is 2. The van der Waals surface area contributed by atoms with Crippen LogP contribution >= 0.6 is 0 Å². The second-order valence-electron chi connectivity index (χ2n) is 13.4. The molecule has 2 N–H and O–H groups in total. The molecule has 50 heavy (non-hydrogen) atoms. The van der Waals surface area contributed by atoms with Crippen molar-refractivity contribution in [3.63, 3.8) is 0 Å². The van der Waals surface area contributed by atoms with Gasteiger partial charge in [-0.05, 0) is 64.6 Å². The Balaban J connectivity index is 0.00000338. The average molecular weight is 762 g/mol. The van der Waals surface area contributed by atoms with Crippen LogP contribution in [0.3, 0.4) is 0 Å². The molecule has 3 aliphatic heterocycles. The van der Waals surface area contributed by atoms with Crippen molar-refractivity contribution in [2.24, 2.45) is 0 Å². The molecule has 10 nitrogen and oxygen atoms in total. The normalized spacial score (nSPS) is 20.5. The summed E-state index contributed by atoms with van der Waals surface area (Å²) in [7, 11) is 0. The fourth-order valence-corrected chi connectivity index (χ4v) is 5.70. The second kappa shape index (κ2) is 21.4. The van der Waals surface area contributed by atoms with Gasteiger partial charge in [-0.1, -0.05) is 45.0 Å². The summed E-state index contributed by atoms with van der Waals surface area (Å²) in [5.41, 5.74) is 4.98. The molecule has 6 rings (SSSR count). The van der Waals surface area contributed by atoms with Gasteiger partial charge in [-0.15, -0.1) is 0 Å². The van der Waals surface area contributed by atoms with Gasteiger partial charge in [0.25, 0.3) is 11.8 Å². The number of amides is 2. The first-order valence-corrected chi connectivity index (χ1v) is 16.9. The average Bonchev–Trinajstić information content (AvgIpc) is 3.05. The van der Waals surface area contributed by atoms with Crippen molar-refractivity contribution in [3.05, 3.63) is 94.5 Å². The van der Waals surface area contributed by atoms with Crippen LogP contribution < -0.4 is 57.2 Å².